The van der Waals surface area contributed by atoms with Gasteiger partial charge in [0.1, 0.15) is 4.58 Å². The van der Waals surface area contributed by atoms with Crippen molar-refractivity contribution in [1.29, 1.82) is 0 Å². The van der Waals surface area contributed by atoms with E-state index in [9.17, 15) is 4.21 Å². The topological polar surface area (TPSA) is 17.1 Å². The van der Waals surface area contributed by atoms with E-state index in [-0.39, 0.29) is 4.58 Å². The van der Waals surface area contributed by atoms with Crippen LogP contribution in [0.5, 0.6) is 0 Å². The first-order valence-electron chi connectivity index (χ1n) is 5.33. The quantitative estimate of drug-likeness (QED) is 0.770. The normalized spacial score (nSPS) is 25.0. The highest BCUT2D eigenvalue weighted by molar-refractivity contribution is 8.13. The van der Waals surface area contributed by atoms with E-state index in [1.54, 1.807) is 0 Å². The predicted octanol–water partition coefficient (Wildman–Crippen LogP) is 3.33. The first kappa shape index (κ1) is 10.4. The summed E-state index contributed by atoms with van der Waals surface area (Å²) in [6.07, 6.45) is 0. The SMILES string of the molecule is O=S1CCSC1c1cccc2ccccc12. The molecule has 0 aromatic heterocycles. The molecule has 2 atom stereocenters. The second-order valence-electron chi connectivity index (χ2n) is 3.86. The predicted molar refractivity (Wildman–Crippen MR) is 72.2 cm³/mol. The Morgan fingerprint density at radius 3 is 2.75 bits per heavy atom. The van der Waals surface area contributed by atoms with Gasteiger partial charge in [0.25, 0.3) is 0 Å². The summed E-state index contributed by atoms with van der Waals surface area (Å²) in [5, 5.41) is 2.49. The molecule has 0 saturated carbocycles. The van der Waals surface area contributed by atoms with Gasteiger partial charge in [0.05, 0.1) is 0 Å². The third kappa shape index (κ3) is 1.68. The second-order valence-corrected chi connectivity index (χ2v) is 7.01. The molecule has 2 aromatic rings. The molecule has 0 amide bonds. The number of hydrogen-bond donors (Lipinski definition) is 0. The van der Waals surface area contributed by atoms with Crippen LogP contribution in [-0.2, 0) is 10.8 Å². The van der Waals surface area contributed by atoms with E-state index in [1.807, 2.05) is 23.9 Å². The van der Waals surface area contributed by atoms with Crippen molar-refractivity contribution in [3.05, 3.63) is 48.0 Å². The van der Waals surface area contributed by atoms with E-state index in [1.165, 1.54) is 16.3 Å². The number of hydrogen-bond acceptors (Lipinski definition) is 2. The molecule has 0 bridgehead atoms. The van der Waals surface area contributed by atoms with Gasteiger partial charge in [0, 0.05) is 22.3 Å². The van der Waals surface area contributed by atoms with Crippen LogP contribution in [0.1, 0.15) is 10.1 Å². The van der Waals surface area contributed by atoms with E-state index in [0.29, 0.717) is 0 Å². The molecule has 1 saturated heterocycles. The first-order chi connectivity index (χ1) is 7.86. The van der Waals surface area contributed by atoms with Crippen LogP contribution in [0.15, 0.2) is 42.5 Å². The van der Waals surface area contributed by atoms with Crippen LogP contribution in [0.25, 0.3) is 10.8 Å². The molecule has 1 aliphatic heterocycles. The maximum Gasteiger partial charge on any atom is 0.106 e. The van der Waals surface area contributed by atoms with E-state index in [0.717, 1.165) is 11.5 Å². The Morgan fingerprint density at radius 1 is 1.12 bits per heavy atom. The lowest BCUT2D eigenvalue weighted by Crippen LogP contribution is -1.98. The van der Waals surface area contributed by atoms with E-state index >= 15 is 0 Å². The molecule has 1 nitrogen and oxygen atoms in total. The Balaban J connectivity index is 2.19. The molecule has 3 heteroatoms. The highest BCUT2D eigenvalue weighted by Crippen LogP contribution is 2.40. The first-order valence-corrected chi connectivity index (χ1v) is 7.76. The summed E-state index contributed by atoms with van der Waals surface area (Å²) in [4.78, 5) is 0. The highest BCUT2D eigenvalue weighted by atomic mass is 32.2. The van der Waals surface area contributed by atoms with Crippen molar-refractivity contribution in [2.24, 2.45) is 0 Å². The molecule has 0 aliphatic carbocycles. The average molecular weight is 248 g/mol. The van der Waals surface area contributed by atoms with Gasteiger partial charge in [0.2, 0.25) is 0 Å². The fourth-order valence-corrected chi connectivity index (χ4v) is 5.64. The molecule has 82 valence electrons. The van der Waals surface area contributed by atoms with Gasteiger partial charge >= 0.3 is 0 Å². The second kappa shape index (κ2) is 4.22. The fraction of sp³-hybridized carbons (Fsp3) is 0.231. The lowest BCUT2D eigenvalue weighted by Gasteiger charge is -2.11. The number of rotatable bonds is 1. The highest BCUT2D eigenvalue weighted by Gasteiger charge is 2.26. The molecule has 2 aromatic carbocycles. The summed E-state index contributed by atoms with van der Waals surface area (Å²) >= 11 is 1.82. The van der Waals surface area contributed by atoms with Crippen molar-refractivity contribution >= 4 is 33.3 Å². The lowest BCUT2D eigenvalue weighted by molar-refractivity contribution is 0.684. The van der Waals surface area contributed by atoms with Crippen LogP contribution >= 0.6 is 11.8 Å². The van der Waals surface area contributed by atoms with Gasteiger partial charge in [-0.2, -0.15) is 0 Å². The largest absolute Gasteiger partial charge is 0.258 e. The minimum absolute atomic E-state index is 0.172. The molecule has 0 N–H and O–H groups in total. The Hall–Kier alpha value is -0.800. The van der Waals surface area contributed by atoms with Gasteiger partial charge < -0.3 is 0 Å². The van der Waals surface area contributed by atoms with Crippen LogP contribution in [0.2, 0.25) is 0 Å². The van der Waals surface area contributed by atoms with Crippen LogP contribution < -0.4 is 0 Å². The summed E-state index contributed by atoms with van der Waals surface area (Å²) in [7, 11) is -0.705. The smallest absolute Gasteiger partial charge is 0.106 e. The summed E-state index contributed by atoms with van der Waals surface area (Å²) in [5.41, 5.74) is 1.24. The summed E-state index contributed by atoms with van der Waals surface area (Å²) in [6, 6.07) is 14.6. The fourth-order valence-electron chi connectivity index (χ4n) is 2.11. The maximum atomic E-state index is 11.9. The van der Waals surface area contributed by atoms with Gasteiger partial charge in [-0.05, 0) is 16.3 Å². The Kier molecular flexibility index (Phi) is 2.74. The van der Waals surface area contributed by atoms with Gasteiger partial charge in [0.15, 0.2) is 0 Å². The Morgan fingerprint density at radius 2 is 1.94 bits per heavy atom. The third-order valence-corrected chi connectivity index (χ3v) is 6.51. The molecule has 0 radical (unpaired) electrons. The summed E-state index contributed by atoms with van der Waals surface area (Å²) in [6.45, 7) is 0. The minimum Gasteiger partial charge on any atom is -0.258 e. The van der Waals surface area contributed by atoms with Gasteiger partial charge in [-0.15, -0.1) is 11.8 Å². The van der Waals surface area contributed by atoms with E-state index in [4.69, 9.17) is 0 Å². The maximum absolute atomic E-state index is 11.9. The van der Waals surface area contributed by atoms with Crippen LogP contribution in [0.4, 0.5) is 0 Å². The van der Waals surface area contributed by atoms with Crippen LogP contribution in [-0.4, -0.2) is 15.7 Å². The summed E-state index contributed by atoms with van der Waals surface area (Å²) < 4.78 is 12.1. The van der Waals surface area contributed by atoms with E-state index in [2.05, 4.69) is 30.3 Å². The third-order valence-electron chi connectivity index (χ3n) is 2.87. The zero-order valence-electron chi connectivity index (χ0n) is 8.76. The van der Waals surface area contributed by atoms with Crippen molar-refractivity contribution in [3.8, 4) is 0 Å². The standard InChI is InChI=1S/C13H12OS2/c14-16-9-8-15-13(16)12-7-3-5-10-4-1-2-6-11(10)12/h1-7,13H,8-9H2. The molecule has 1 aliphatic rings. The lowest BCUT2D eigenvalue weighted by atomic mass is 10.1. The van der Waals surface area contributed by atoms with Crippen molar-refractivity contribution < 1.29 is 4.21 Å². The zero-order valence-corrected chi connectivity index (χ0v) is 10.4. The number of thioether (sulfide) groups is 1. The number of fused-ring (bicyclic) bond motifs is 1. The van der Waals surface area contributed by atoms with Crippen molar-refractivity contribution in [2.75, 3.05) is 11.5 Å². The van der Waals surface area contributed by atoms with Crippen LogP contribution in [0.3, 0.4) is 0 Å². The van der Waals surface area contributed by atoms with Crippen molar-refractivity contribution in [1.82, 2.24) is 0 Å². The molecule has 16 heavy (non-hydrogen) atoms. The van der Waals surface area contributed by atoms with Crippen molar-refractivity contribution in [3.63, 3.8) is 0 Å². The summed E-state index contributed by atoms with van der Waals surface area (Å²) in [5.74, 6) is 1.85. The van der Waals surface area contributed by atoms with Gasteiger partial charge in [-0.25, -0.2) is 0 Å². The van der Waals surface area contributed by atoms with E-state index < -0.39 is 10.8 Å². The molecule has 0 spiro atoms. The molecule has 2 unspecified atom stereocenters. The van der Waals surface area contributed by atoms with Gasteiger partial charge in [-0.3, -0.25) is 4.21 Å². The molecule has 1 heterocycles. The molecular formula is C13H12OS2. The molecular weight excluding hydrogens is 236 g/mol. The van der Waals surface area contributed by atoms with Crippen molar-refractivity contribution in [2.45, 2.75) is 4.58 Å². The Bertz CT molecular complexity index is 545. The number of benzene rings is 2. The molecule has 1 fully saturated rings. The minimum atomic E-state index is -0.705. The average Bonchev–Trinajstić information content (AvgIpc) is 2.75. The molecule has 3 rings (SSSR count). The van der Waals surface area contributed by atoms with Crippen LogP contribution in [0, 0.1) is 0 Å². The Labute approximate surface area is 102 Å². The van der Waals surface area contributed by atoms with Gasteiger partial charge in [-0.1, -0.05) is 42.5 Å². The zero-order chi connectivity index (χ0) is 11.0. The monoisotopic (exact) mass is 248 g/mol.